The molecule has 1 unspecified atom stereocenters. The molecule has 0 aromatic heterocycles. The molecule has 0 bridgehead atoms. The molecule has 0 aromatic carbocycles. The molecule has 0 aliphatic carbocycles. The van der Waals surface area contributed by atoms with Crippen LogP contribution in [-0.2, 0) is 0 Å². The Kier molecular flexibility index (Phi) is 5.34. The Hall–Kier alpha value is -0.860. The molecule has 0 N–H and O–H groups in total. The summed E-state index contributed by atoms with van der Waals surface area (Å²) in [5.74, 6) is 0.687. The van der Waals surface area contributed by atoms with Gasteiger partial charge in [-0.25, -0.2) is 0 Å². The van der Waals surface area contributed by atoms with Gasteiger partial charge in [-0.3, -0.25) is 10.1 Å². The summed E-state index contributed by atoms with van der Waals surface area (Å²) in [6.45, 7) is 7.82. The summed E-state index contributed by atoms with van der Waals surface area (Å²) in [4.78, 5) is 10.00. The van der Waals surface area contributed by atoms with Crippen LogP contribution in [0.25, 0.3) is 0 Å². The molecule has 0 aliphatic rings. The summed E-state index contributed by atoms with van der Waals surface area (Å²) in [5, 5.41) is 10.2. The zero-order valence-corrected chi connectivity index (χ0v) is 7.82. The molecule has 0 radical (unpaired) electrons. The lowest BCUT2D eigenvalue weighted by molar-refractivity contribution is -0.488. The largest absolute Gasteiger partial charge is 0.265 e. The van der Waals surface area contributed by atoms with E-state index in [0.717, 1.165) is 12.8 Å². The molecule has 3 nitrogen and oxygen atoms in total. The minimum absolute atomic E-state index is 0.0736. The normalized spacial score (nSPS) is 12.9. The number of hydrogen-bond donors (Lipinski definition) is 0. The van der Waals surface area contributed by atoms with Gasteiger partial charge in [-0.15, -0.1) is 6.58 Å². The van der Waals surface area contributed by atoms with Crippen molar-refractivity contribution in [3.63, 3.8) is 0 Å². The van der Waals surface area contributed by atoms with Crippen LogP contribution >= 0.6 is 0 Å². The molecular weight excluding hydrogens is 154 g/mol. The van der Waals surface area contributed by atoms with Crippen LogP contribution < -0.4 is 0 Å². The monoisotopic (exact) mass is 171 g/mol. The van der Waals surface area contributed by atoms with Crippen LogP contribution in [0.4, 0.5) is 0 Å². The van der Waals surface area contributed by atoms with Crippen LogP contribution in [-0.4, -0.2) is 11.5 Å². The van der Waals surface area contributed by atoms with Gasteiger partial charge < -0.3 is 0 Å². The maximum absolute atomic E-state index is 10.2. The van der Waals surface area contributed by atoms with E-state index in [9.17, 15) is 10.1 Å². The lowest BCUT2D eigenvalue weighted by atomic mass is 9.94. The van der Waals surface area contributed by atoms with Crippen molar-refractivity contribution in [2.45, 2.75) is 26.7 Å². The summed E-state index contributed by atoms with van der Waals surface area (Å²) in [5.41, 5.74) is 0. The third-order valence-corrected chi connectivity index (χ3v) is 1.71. The molecule has 0 saturated heterocycles. The first kappa shape index (κ1) is 11.1. The van der Waals surface area contributed by atoms with Gasteiger partial charge >= 0.3 is 0 Å². The maximum Gasteiger partial charge on any atom is 0.206 e. The standard InChI is InChI=1S/C9H17NO2/c1-4-5-9(6-8(2)3)7-10(11)12/h4,8-9H,1,5-7H2,2-3H3. The quantitative estimate of drug-likeness (QED) is 0.350. The predicted octanol–water partition coefficient (Wildman–Crippen LogP) is 2.50. The van der Waals surface area contributed by atoms with Crippen LogP contribution in [0.1, 0.15) is 26.7 Å². The highest BCUT2D eigenvalue weighted by Gasteiger charge is 2.14. The van der Waals surface area contributed by atoms with Gasteiger partial charge in [-0.2, -0.15) is 0 Å². The molecule has 0 amide bonds. The molecule has 1 atom stereocenters. The van der Waals surface area contributed by atoms with Crippen LogP contribution in [0.15, 0.2) is 12.7 Å². The van der Waals surface area contributed by atoms with Crippen molar-refractivity contribution in [3.8, 4) is 0 Å². The second-order valence-corrected chi connectivity index (χ2v) is 3.54. The van der Waals surface area contributed by atoms with Gasteiger partial charge in [-0.1, -0.05) is 19.9 Å². The number of hydrogen-bond acceptors (Lipinski definition) is 2. The Morgan fingerprint density at radius 1 is 1.58 bits per heavy atom. The molecular formula is C9H17NO2. The Bertz CT molecular complexity index is 155. The smallest absolute Gasteiger partial charge is 0.206 e. The number of nitrogens with zero attached hydrogens (tertiary/aromatic N) is 1. The molecule has 0 aromatic rings. The van der Waals surface area contributed by atoms with Gasteiger partial charge in [0, 0.05) is 10.8 Å². The van der Waals surface area contributed by atoms with E-state index in [2.05, 4.69) is 20.4 Å². The Morgan fingerprint density at radius 3 is 2.50 bits per heavy atom. The van der Waals surface area contributed by atoms with E-state index in [-0.39, 0.29) is 17.4 Å². The van der Waals surface area contributed by atoms with Crippen LogP contribution in [0.2, 0.25) is 0 Å². The summed E-state index contributed by atoms with van der Waals surface area (Å²) < 4.78 is 0. The molecule has 0 rings (SSSR count). The van der Waals surface area contributed by atoms with Crippen molar-refractivity contribution in [3.05, 3.63) is 22.8 Å². The first-order chi connectivity index (χ1) is 5.56. The van der Waals surface area contributed by atoms with Crippen molar-refractivity contribution in [2.24, 2.45) is 11.8 Å². The predicted molar refractivity (Wildman–Crippen MR) is 49.6 cm³/mol. The van der Waals surface area contributed by atoms with E-state index in [1.165, 1.54) is 0 Å². The van der Waals surface area contributed by atoms with Crippen LogP contribution in [0.3, 0.4) is 0 Å². The third kappa shape index (κ3) is 5.89. The van der Waals surface area contributed by atoms with Crippen molar-refractivity contribution in [1.82, 2.24) is 0 Å². The summed E-state index contributed by atoms with van der Waals surface area (Å²) in [7, 11) is 0. The van der Waals surface area contributed by atoms with Crippen molar-refractivity contribution >= 4 is 0 Å². The highest BCUT2D eigenvalue weighted by atomic mass is 16.6. The van der Waals surface area contributed by atoms with Crippen LogP contribution in [0, 0.1) is 22.0 Å². The average Bonchev–Trinajstić information content (AvgIpc) is 1.84. The van der Waals surface area contributed by atoms with Gasteiger partial charge in [-0.05, 0) is 18.8 Å². The second-order valence-electron chi connectivity index (χ2n) is 3.54. The molecule has 0 fully saturated rings. The fraction of sp³-hybridized carbons (Fsp3) is 0.778. The minimum Gasteiger partial charge on any atom is -0.265 e. The van der Waals surface area contributed by atoms with Gasteiger partial charge in [0.05, 0.1) is 0 Å². The summed E-state index contributed by atoms with van der Waals surface area (Å²) >= 11 is 0. The first-order valence-electron chi connectivity index (χ1n) is 4.29. The molecule has 0 saturated carbocycles. The number of nitro groups is 1. The molecule has 12 heavy (non-hydrogen) atoms. The zero-order valence-electron chi connectivity index (χ0n) is 7.82. The lowest BCUT2D eigenvalue weighted by Crippen LogP contribution is -2.15. The Balaban J connectivity index is 3.85. The number of rotatable bonds is 6. The van der Waals surface area contributed by atoms with Crippen molar-refractivity contribution in [2.75, 3.05) is 6.54 Å². The number of allylic oxidation sites excluding steroid dienone is 1. The van der Waals surface area contributed by atoms with Gasteiger partial charge in [0.1, 0.15) is 0 Å². The Labute approximate surface area is 73.6 Å². The summed E-state index contributed by atoms with van der Waals surface area (Å²) in [6.07, 6.45) is 3.42. The molecule has 0 spiro atoms. The van der Waals surface area contributed by atoms with E-state index in [4.69, 9.17) is 0 Å². The fourth-order valence-corrected chi connectivity index (χ4v) is 1.36. The van der Waals surface area contributed by atoms with Crippen LogP contribution in [0.5, 0.6) is 0 Å². The van der Waals surface area contributed by atoms with E-state index in [1.807, 2.05) is 0 Å². The zero-order chi connectivity index (χ0) is 9.56. The van der Waals surface area contributed by atoms with Crippen molar-refractivity contribution < 1.29 is 4.92 Å². The van der Waals surface area contributed by atoms with Gasteiger partial charge in [0.15, 0.2) is 0 Å². The topological polar surface area (TPSA) is 43.1 Å². The van der Waals surface area contributed by atoms with Gasteiger partial charge in [0.25, 0.3) is 0 Å². The molecule has 0 aliphatic heterocycles. The summed E-state index contributed by atoms with van der Waals surface area (Å²) in [6, 6.07) is 0. The minimum atomic E-state index is -0.240. The SMILES string of the molecule is C=CCC(CC(C)C)C[N+](=O)[O-]. The fourth-order valence-electron chi connectivity index (χ4n) is 1.36. The van der Waals surface area contributed by atoms with Gasteiger partial charge in [0.2, 0.25) is 6.54 Å². The highest BCUT2D eigenvalue weighted by molar-refractivity contribution is 4.73. The Morgan fingerprint density at radius 2 is 2.17 bits per heavy atom. The highest BCUT2D eigenvalue weighted by Crippen LogP contribution is 2.15. The maximum atomic E-state index is 10.2. The van der Waals surface area contributed by atoms with E-state index in [0.29, 0.717) is 5.92 Å². The lowest BCUT2D eigenvalue weighted by Gasteiger charge is -2.12. The molecule has 3 heteroatoms. The van der Waals surface area contributed by atoms with Crippen molar-refractivity contribution in [1.29, 1.82) is 0 Å². The van der Waals surface area contributed by atoms with E-state index in [1.54, 1.807) is 6.08 Å². The second kappa shape index (κ2) is 5.75. The molecule has 70 valence electrons. The van der Waals surface area contributed by atoms with E-state index >= 15 is 0 Å². The van der Waals surface area contributed by atoms with E-state index < -0.39 is 0 Å². The third-order valence-electron chi connectivity index (χ3n) is 1.71. The average molecular weight is 171 g/mol. The first-order valence-corrected chi connectivity index (χ1v) is 4.29. The molecule has 0 heterocycles.